The fraction of sp³-hybridized carbons (Fsp3) is 0.471. The second-order valence-electron chi connectivity index (χ2n) is 6.76. The number of nitrogens with one attached hydrogen (secondary N) is 1. The first-order chi connectivity index (χ1) is 12.5. The molecule has 0 bridgehead atoms. The number of aromatic nitrogens is 6. The number of fused-ring (bicyclic) bond motifs is 1. The Bertz CT molecular complexity index is 959. The van der Waals surface area contributed by atoms with Crippen molar-refractivity contribution in [2.45, 2.75) is 25.8 Å². The molecule has 0 radical (unpaired) electrons. The number of rotatable bonds is 3. The monoisotopic (exact) mass is 354 g/mol. The Kier molecular flexibility index (Phi) is 4.06. The van der Waals surface area contributed by atoms with Crippen molar-refractivity contribution in [1.29, 1.82) is 0 Å². The summed E-state index contributed by atoms with van der Waals surface area (Å²) >= 11 is 0. The maximum absolute atomic E-state index is 12.4. The lowest BCUT2D eigenvalue weighted by molar-refractivity contribution is 0.0933. The van der Waals surface area contributed by atoms with Crippen LogP contribution >= 0.6 is 0 Å². The van der Waals surface area contributed by atoms with Gasteiger partial charge in [-0.1, -0.05) is 0 Å². The van der Waals surface area contributed by atoms with Gasteiger partial charge in [-0.05, 0) is 19.8 Å². The van der Waals surface area contributed by atoms with E-state index in [2.05, 4.69) is 30.4 Å². The second kappa shape index (κ2) is 6.40. The molecule has 1 aliphatic heterocycles. The lowest BCUT2D eigenvalue weighted by Gasteiger charge is -2.34. The van der Waals surface area contributed by atoms with Crippen LogP contribution in [0.3, 0.4) is 0 Å². The summed E-state index contributed by atoms with van der Waals surface area (Å²) in [6.45, 7) is 3.51. The molecule has 0 aliphatic carbocycles. The van der Waals surface area contributed by atoms with E-state index in [1.807, 2.05) is 20.2 Å². The molecule has 4 rings (SSSR count). The lowest BCUT2D eigenvalue weighted by Crippen LogP contribution is -2.48. The number of hydrogen-bond donors (Lipinski definition) is 1. The standard InChI is InChI=1S/C17H22N8O/c1-11-20-15-14(8-19-24(15)3)16(21-11)25-6-4-5-13(10-25)22-17(26)12-7-18-23(2)9-12/h7-9,13H,4-6,10H2,1-3H3,(H,22,26). The Morgan fingerprint density at radius 2 is 2.08 bits per heavy atom. The maximum Gasteiger partial charge on any atom is 0.254 e. The summed E-state index contributed by atoms with van der Waals surface area (Å²) in [5.74, 6) is 1.52. The van der Waals surface area contributed by atoms with Crippen molar-refractivity contribution in [3.05, 3.63) is 30.0 Å². The molecule has 3 aromatic heterocycles. The van der Waals surface area contributed by atoms with Crippen molar-refractivity contribution >= 4 is 22.8 Å². The second-order valence-corrected chi connectivity index (χ2v) is 6.76. The van der Waals surface area contributed by atoms with E-state index in [9.17, 15) is 4.79 Å². The summed E-state index contributed by atoms with van der Waals surface area (Å²) < 4.78 is 3.39. The number of carbonyl (C=O) groups excluding carboxylic acids is 1. The normalized spacial score (nSPS) is 17.7. The SMILES string of the molecule is Cc1nc(N2CCCC(NC(=O)c3cnn(C)c3)C2)c2cnn(C)c2n1. The van der Waals surface area contributed by atoms with E-state index in [-0.39, 0.29) is 11.9 Å². The molecule has 1 fully saturated rings. The Balaban J connectivity index is 1.55. The Morgan fingerprint density at radius 1 is 1.23 bits per heavy atom. The van der Waals surface area contributed by atoms with Gasteiger partial charge in [0.15, 0.2) is 5.65 Å². The Hall–Kier alpha value is -2.97. The first-order valence-corrected chi connectivity index (χ1v) is 8.72. The maximum atomic E-state index is 12.4. The van der Waals surface area contributed by atoms with Gasteiger partial charge in [0.25, 0.3) is 5.91 Å². The summed E-state index contributed by atoms with van der Waals surface area (Å²) in [4.78, 5) is 23.8. The van der Waals surface area contributed by atoms with Crippen LogP contribution in [0.4, 0.5) is 5.82 Å². The highest BCUT2D eigenvalue weighted by Crippen LogP contribution is 2.26. The fourth-order valence-electron chi connectivity index (χ4n) is 3.45. The van der Waals surface area contributed by atoms with E-state index in [0.717, 1.165) is 42.1 Å². The molecule has 1 amide bonds. The van der Waals surface area contributed by atoms with Crippen molar-refractivity contribution in [1.82, 2.24) is 34.8 Å². The van der Waals surface area contributed by atoms with Crippen LogP contribution in [0.15, 0.2) is 18.6 Å². The van der Waals surface area contributed by atoms with E-state index in [1.165, 1.54) is 0 Å². The van der Waals surface area contributed by atoms with E-state index in [0.29, 0.717) is 12.1 Å². The average Bonchev–Trinajstić information content (AvgIpc) is 3.21. The molecule has 26 heavy (non-hydrogen) atoms. The zero-order valence-electron chi connectivity index (χ0n) is 15.2. The molecule has 136 valence electrons. The van der Waals surface area contributed by atoms with Gasteiger partial charge in [-0.15, -0.1) is 0 Å². The van der Waals surface area contributed by atoms with Crippen molar-refractivity contribution in [2.75, 3.05) is 18.0 Å². The topological polar surface area (TPSA) is 93.8 Å². The number of hydrogen-bond acceptors (Lipinski definition) is 6. The van der Waals surface area contributed by atoms with Gasteiger partial charge in [0.05, 0.1) is 23.3 Å². The molecule has 9 heteroatoms. The van der Waals surface area contributed by atoms with Gasteiger partial charge >= 0.3 is 0 Å². The Labute approximate surface area is 151 Å². The molecule has 3 aromatic rings. The molecule has 0 aromatic carbocycles. The summed E-state index contributed by atoms with van der Waals surface area (Å²) in [6.07, 6.45) is 7.05. The lowest BCUT2D eigenvalue weighted by atomic mass is 10.0. The quantitative estimate of drug-likeness (QED) is 0.748. The van der Waals surface area contributed by atoms with E-state index < -0.39 is 0 Å². The van der Waals surface area contributed by atoms with Crippen LogP contribution in [0.5, 0.6) is 0 Å². The fourth-order valence-corrected chi connectivity index (χ4v) is 3.45. The van der Waals surface area contributed by atoms with Crippen LogP contribution in [0, 0.1) is 6.92 Å². The van der Waals surface area contributed by atoms with Gasteiger partial charge in [0.2, 0.25) is 0 Å². The molecule has 1 aliphatic rings. The molecule has 1 saturated heterocycles. The highest BCUT2D eigenvalue weighted by atomic mass is 16.1. The van der Waals surface area contributed by atoms with Gasteiger partial charge in [-0.2, -0.15) is 10.2 Å². The molecular weight excluding hydrogens is 332 g/mol. The summed E-state index contributed by atoms with van der Waals surface area (Å²) in [6, 6.07) is 0.0680. The number of anilines is 1. The van der Waals surface area contributed by atoms with E-state index in [4.69, 9.17) is 0 Å². The van der Waals surface area contributed by atoms with Crippen molar-refractivity contribution in [3.63, 3.8) is 0 Å². The molecule has 4 heterocycles. The number of aryl methyl sites for hydroxylation is 3. The molecule has 1 N–H and O–H groups in total. The molecule has 1 atom stereocenters. The van der Waals surface area contributed by atoms with E-state index >= 15 is 0 Å². The number of nitrogens with zero attached hydrogens (tertiary/aromatic N) is 7. The molecule has 0 saturated carbocycles. The van der Waals surface area contributed by atoms with Crippen molar-refractivity contribution in [2.24, 2.45) is 14.1 Å². The molecule has 1 unspecified atom stereocenters. The summed E-state index contributed by atoms with van der Waals surface area (Å²) in [7, 11) is 3.68. The summed E-state index contributed by atoms with van der Waals surface area (Å²) in [5.41, 5.74) is 1.41. The molecular formula is C17H22N8O. The third-order valence-corrected chi connectivity index (χ3v) is 4.71. The van der Waals surface area contributed by atoms with Crippen LogP contribution in [-0.2, 0) is 14.1 Å². The van der Waals surface area contributed by atoms with Gasteiger partial charge in [0.1, 0.15) is 11.6 Å². The van der Waals surface area contributed by atoms with Crippen molar-refractivity contribution < 1.29 is 4.79 Å². The number of amides is 1. The van der Waals surface area contributed by atoms with Gasteiger partial charge in [-0.25, -0.2) is 9.97 Å². The zero-order valence-corrected chi connectivity index (χ0v) is 15.2. The first-order valence-electron chi connectivity index (χ1n) is 8.72. The minimum absolute atomic E-state index is 0.0680. The van der Waals surface area contributed by atoms with Crippen LogP contribution < -0.4 is 10.2 Å². The Morgan fingerprint density at radius 3 is 2.85 bits per heavy atom. The van der Waals surface area contributed by atoms with Crippen molar-refractivity contribution in [3.8, 4) is 0 Å². The minimum atomic E-state index is -0.0876. The summed E-state index contributed by atoms with van der Waals surface area (Å²) in [5, 5.41) is 12.4. The number of carbonyl (C=O) groups is 1. The van der Waals surface area contributed by atoms with Crippen LogP contribution in [-0.4, -0.2) is 54.6 Å². The highest BCUT2D eigenvalue weighted by molar-refractivity contribution is 5.94. The highest BCUT2D eigenvalue weighted by Gasteiger charge is 2.25. The van der Waals surface area contributed by atoms with Gasteiger partial charge in [0, 0.05) is 39.4 Å². The van der Waals surface area contributed by atoms with Crippen LogP contribution in [0.2, 0.25) is 0 Å². The third-order valence-electron chi connectivity index (χ3n) is 4.71. The van der Waals surface area contributed by atoms with Gasteiger partial charge < -0.3 is 10.2 Å². The average molecular weight is 354 g/mol. The van der Waals surface area contributed by atoms with Gasteiger partial charge in [-0.3, -0.25) is 14.2 Å². The predicted octanol–water partition coefficient (Wildman–Crippen LogP) is 0.804. The smallest absolute Gasteiger partial charge is 0.254 e. The largest absolute Gasteiger partial charge is 0.354 e. The number of piperidine rings is 1. The van der Waals surface area contributed by atoms with E-state index in [1.54, 1.807) is 28.8 Å². The first kappa shape index (κ1) is 16.5. The van der Waals surface area contributed by atoms with Crippen LogP contribution in [0.25, 0.3) is 11.0 Å². The zero-order chi connectivity index (χ0) is 18.3. The minimum Gasteiger partial charge on any atom is -0.354 e. The third kappa shape index (κ3) is 3.00. The van der Waals surface area contributed by atoms with Crippen LogP contribution in [0.1, 0.15) is 29.0 Å². The predicted molar refractivity (Wildman–Crippen MR) is 97.0 cm³/mol. The molecule has 0 spiro atoms. The molecule has 9 nitrogen and oxygen atoms in total.